The van der Waals surface area contributed by atoms with Gasteiger partial charge in [-0.2, -0.15) is 5.10 Å². The highest BCUT2D eigenvalue weighted by Gasteiger charge is 2.19. The number of nitrogens with one attached hydrogen (secondary N) is 3. The minimum atomic E-state index is -1.05. The second-order valence-electron chi connectivity index (χ2n) is 8.52. The number of fused-ring (bicyclic) bond motifs is 1. The van der Waals surface area contributed by atoms with Crippen molar-refractivity contribution in [2.75, 3.05) is 48.8 Å². The van der Waals surface area contributed by atoms with E-state index in [0.29, 0.717) is 21.5 Å². The Bertz CT molecular complexity index is 1440. The Hall–Kier alpha value is -4.22. The SMILES string of the molecule is CN1CCN(c2ccc(C(=O)Nc3ccccc3C(=O)Nc3n[nH]c4sc(C(=O)O)cc34)cc2)CC1. The lowest BCUT2D eigenvalue weighted by Gasteiger charge is -2.34. The lowest BCUT2D eigenvalue weighted by atomic mass is 10.1. The summed E-state index contributed by atoms with van der Waals surface area (Å²) in [6, 6.07) is 15.6. The zero-order valence-electron chi connectivity index (χ0n) is 19.4. The number of hydrogen-bond donors (Lipinski definition) is 4. The molecule has 10 nitrogen and oxygen atoms in total. The molecule has 2 amide bonds. The average molecular weight is 505 g/mol. The van der Waals surface area contributed by atoms with Crippen molar-refractivity contribution < 1.29 is 19.5 Å². The first-order valence-corrected chi connectivity index (χ1v) is 12.2. The van der Waals surface area contributed by atoms with Crippen molar-refractivity contribution in [2.45, 2.75) is 0 Å². The Balaban J connectivity index is 1.29. The second-order valence-corrected chi connectivity index (χ2v) is 9.57. The summed E-state index contributed by atoms with van der Waals surface area (Å²) >= 11 is 1.04. The molecule has 0 aliphatic carbocycles. The molecule has 4 N–H and O–H groups in total. The van der Waals surface area contributed by atoms with Crippen LogP contribution < -0.4 is 15.5 Å². The van der Waals surface area contributed by atoms with Gasteiger partial charge in [0.05, 0.1) is 16.6 Å². The Kier molecular flexibility index (Phi) is 6.40. The predicted molar refractivity (Wildman–Crippen MR) is 139 cm³/mol. The molecule has 0 saturated carbocycles. The van der Waals surface area contributed by atoms with E-state index in [4.69, 9.17) is 0 Å². The Labute approximate surface area is 210 Å². The first-order chi connectivity index (χ1) is 17.4. The summed E-state index contributed by atoms with van der Waals surface area (Å²) in [5.74, 6) is -1.63. The molecule has 2 aromatic heterocycles. The fourth-order valence-electron chi connectivity index (χ4n) is 4.07. The van der Waals surface area contributed by atoms with Gasteiger partial charge in [-0.25, -0.2) is 4.79 Å². The molecule has 5 rings (SSSR count). The van der Waals surface area contributed by atoms with Gasteiger partial charge in [0, 0.05) is 37.4 Å². The molecule has 184 valence electrons. The van der Waals surface area contributed by atoms with Gasteiger partial charge in [-0.05, 0) is 49.5 Å². The van der Waals surface area contributed by atoms with E-state index in [1.165, 1.54) is 6.07 Å². The predicted octanol–water partition coefficient (Wildman–Crippen LogP) is 3.58. The molecule has 2 aromatic carbocycles. The quantitative estimate of drug-likeness (QED) is 0.316. The van der Waals surface area contributed by atoms with Crippen molar-refractivity contribution in [1.82, 2.24) is 15.1 Å². The Morgan fingerprint density at radius 2 is 1.69 bits per heavy atom. The highest BCUT2D eigenvalue weighted by Crippen LogP contribution is 2.30. The molecule has 0 bridgehead atoms. The van der Waals surface area contributed by atoms with Crippen molar-refractivity contribution in [1.29, 1.82) is 0 Å². The van der Waals surface area contributed by atoms with Gasteiger partial charge in [-0.1, -0.05) is 12.1 Å². The van der Waals surface area contributed by atoms with E-state index in [1.807, 2.05) is 12.1 Å². The molecule has 1 saturated heterocycles. The second kappa shape index (κ2) is 9.80. The lowest BCUT2D eigenvalue weighted by molar-refractivity contribution is 0.0701. The molecule has 1 fully saturated rings. The molecule has 0 radical (unpaired) electrons. The van der Waals surface area contributed by atoms with Crippen molar-refractivity contribution in [3.63, 3.8) is 0 Å². The monoisotopic (exact) mass is 504 g/mol. The number of piperazine rings is 1. The summed E-state index contributed by atoms with van der Waals surface area (Å²) in [6.45, 7) is 3.88. The Morgan fingerprint density at radius 3 is 2.42 bits per heavy atom. The Morgan fingerprint density at radius 1 is 0.972 bits per heavy atom. The van der Waals surface area contributed by atoms with Crippen LogP contribution >= 0.6 is 11.3 Å². The van der Waals surface area contributed by atoms with E-state index in [9.17, 15) is 19.5 Å². The van der Waals surface area contributed by atoms with E-state index in [0.717, 1.165) is 43.2 Å². The number of carbonyl (C=O) groups excluding carboxylic acids is 2. The highest BCUT2D eigenvalue weighted by molar-refractivity contribution is 7.20. The molecule has 11 heteroatoms. The summed E-state index contributed by atoms with van der Waals surface area (Å²) in [6.07, 6.45) is 0. The van der Waals surface area contributed by atoms with Crippen LogP contribution in [-0.4, -0.2) is 71.2 Å². The number of carboxylic acids is 1. The number of aromatic nitrogens is 2. The van der Waals surface area contributed by atoms with Gasteiger partial charge < -0.3 is 25.5 Å². The fraction of sp³-hybridized carbons (Fsp3) is 0.200. The van der Waals surface area contributed by atoms with Crippen LogP contribution in [0.2, 0.25) is 0 Å². The van der Waals surface area contributed by atoms with Crippen LogP contribution in [0.15, 0.2) is 54.6 Å². The standard InChI is InChI=1S/C25H24N6O4S/c1-30-10-12-31(13-11-30)16-8-6-15(7-9-16)22(32)26-19-5-3-2-4-17(19)23(33)27-21-18-14-20(25(34)35)36-24(18)29-28-21/h2-9,14H,10-13H2,1H3,(H,26,32)(H,34,35)(H2,27,28,29,33). The van der Waals surface area contributed by atoms with Gasteiger partial charge in [0.15, 0.2) is 5.82 Å². The number of anilines is 3. The molecule has 0 spiro atoms. The minimum absolute atomic E-state index is 0.139. The molecule has 36 heavy (non-hydrogen) atoms. The average Bonchev–Trinajstić information content (AvgIpc) is 3.47. The zero-order valence-corrected chi connectivity index (χ0v) is 20.3. The van der Waals surface area contributed by atoms with Crippen molar-refractivity contribution in [2.24, 2.45) is 0 Å². The van der Waals surface area contributed by atoms with E-state index in [2.05, 4.69) is 37.7 Å². The summed E-state index contributed by atoms with van der Waals surface area (Å²) < 4.78 is 0. The summed E-state index contributed by atoms with van der Waals surface area (Å²) in [5.41, 5.74) is 2.16. The number of amides is 2. The largest absolute Gasteiger partial charge is 0.477 e. The number of para-hydroxylation sites is 1. The molecule has 1 aliphatic heterocycles. The normalized spacial score (nSPS) is 14.1. The first-order valence-electron chi connectivity index (χ1n) is 11.4. The van der Waals surface area contributed by atoms with E-state index in [1.54, 1.807) is 36.4 Å². The molecular formula is C25H24N6O4S. The van der Waals surface area contributed by atoms with Crippen molar-refractivity contribution >= 4 is 56.5 Å². The number of rotatable bonds is 6. The number of likely N-dealkylation sites (N-methyl/N-ethyl adjacent to an activating group) is 1. The van der Waals surface area contributed by atoms with Gasteiger partial charge >= 0.3 is 5.97 Å². The van der Waals surface area contributed by atoms with Crippen LogP contribution in [0.5, 0.6) is 0 Å². The zero-order chi connectivity index (χ0) is 25.2. The number of carbonyl (C=O) groups is 3. The van der Waals surface area contributed by atoms with Crippen LogP contribution in [0.3, 0.4) is 0 Å². The highest BCUT2D eigenvalue weighted by atomic mass is 32.1. The van der Waals surface area contributed by atoms with E-state index < -0.39 is 11.9 Å². The first kappa shape index (κ1) is 23.5. The van der Waals surface area contributed by atoms with Gasteiger partial charge in [0.2, 0.25) is 0 Å². The number of aromatic carboxylic acids is 1. The van der Waals surface area contributed by atoms with Crippen molar-refractivity contribution in [3.05, 3.63) is 70.6 Å². The number of thiophene rings is 1. The molecule has 1 aliphatic rings. The minimum Gasteiger partial charge on any atom is -0.477 e. The smallest absolute Gasteiger partial charge is 0.345 e. The van der Waals surface area contributed by atoms with Crippen LogP contribution in [0, 0.1) is 0 Å². The fourth-order valence-corrected chi connectivity index (χ4v) is 4.91. The summed E-state index contributed by atoms with van der Waals surface area (Å²) in [5, 5.41) is 22.1. The summed E-state index contributed by atoms with van der Waals surface area (Å²) in [4.78, 5) is 42.5. The number of aromatic amines is 1. The molecule has 0 atom stereocenters. The molecule has 0 unspecified atom stereocenters. The number of hydrogen-bond acceptors (Lipinski definition) is 7. The summed E-state index contributed by atoms with van der Waals surface area (Å²) in [7, 11) is 2.11. The molecular weight excluding hydrogens is 480 g/mol. The lowest BCUT2D eigenvalue weighted by Crippen LogP contribution is -2.44. The maximum Gasteiger partial charge on any atom is 0.345 e. The van der Waals surface area contributed by atoms with Crippen LogP contribution in [0.4, 0.5) is 17.2 Å². The van der Waals surface area contributed by atoms with Crippen LogP contribution in [0.25, 0.3) is 10.2 Å². The third-order valence-electron chi connectivity index (χ3n) is 6.12. The third kappa shape index (κ3) is 4.79. The maximum absolute atomic E-state index is 13.0. The topological polar surface area (TPSA) is 131 Å². The van der Waals surface area contributed by atoms with E-state index >= 15 is 0 Å². The van der Waals surface area contributed by atoms with Gasteiger partial charge in [-0.3, -0.25) is 14.7 Å². The van der Waals surface area contributed by atoms with E-state index in [-0.39, 0.29) is 22.2 Å². The number of benzene rings is 2. The number of nitrogens with zero attached hydrogens (tertiary/aromatic N) is 3. The molecule has 3 heterocycles. The number of H-pyrrole nitrogens is 1. The van der Waals surface area contributed by atoms with Crippen LogP contribution in [-0.2, 0) is 0 Å². The van der Waals surface area contributed by atoms with Gasteiger partial charge in [-0.15, -0.1) is 11.3 Å². The molecule has 4 aromatic rings. The van der Waals surface area contributed by atoms with Gasteiger partial charge in [0.1, 0.15) is 9.71 Å². The third-order valence-corrected chi connectivity index (χ3v) is 7.14. The number of carboxylic acid groups (broad SMARTS) is 1. The van der Waals surface area contributed by atoms with Crippen LogP contribution in [0.1, 0.15) is 30.4 Å². The van der Waals surface area contributed by atoms with Crippen molar-refractivity contribution in [3.8, 4) is 0 Å². The van der Waals surface area contributed by atoms with Gasteiger partial charge in [0.25, 0.3) is 11.8 Å². The maximum atomic E-state index is 13.0.